The number of urea groups is 1. The Kier molecular flexibility index (Phi) is 8.35. The number of likely N-dealkylation sites (N-methyl/N-ethyl adjacent to an activating group) is 1. The first kappa shape index (κ1) is 32.9. The van der Waals surface area contributed by atoms with E-state index in [0.29, 0.717) is 17.4 Å². The predicted octanol–water partition coefficient (Wildman–Crippen LogP) is 8.55. The summed E-state index contributed by atoms with van der Waals surface area (Å²) >= 11 is 7.86. The van der Waals surface area contributed by atoms with Crippen molar-refractivity contribution in [1.82, 2.24) is 19.7 Å². The molecule has 2 amide bonds. The molecule has 3 heterocycles. The van der Waals surface area contributed by atoms with Gasteiger partial charge >= 0.3 is 12.0 Å². The van der Waals surface area contributed by atoms with Gasteiger partial charge in [-0.2, -0.15) is 5.10 Å². The lowest BCUT2D eigenvalue weighted by Gasteiger charge is -2.29. The van der Waals surface area contributed by atoms with E-state index in [4.69, 9.17) is 31.2 Å². The van der Waals surface area contributed by atoms with Gasteiger partial charge in [0.15, 0.2) is 11.9 Å². The van der Waals surface area contributed by atoms with Crippen LogP contribution in [-0.4, -0.2) is 63.0 Å². The maximum Gasteiger partial charge on any atom is 0.339 e. The number of fused-ring (bicyclic) bond motifs is 2. The number of ether oxygens (including phenoxy) is 2. The summed E-state index contributed by atoms with van der Waals surface area (Å²) in [6.45, 7) is 14.4. The van der Waals surface area contributed by atoms with Crippen molar-refractivity contribution in [1.29, 1.82) is 0 Å². The maximum atomic E-state index is 13.5. The van der Waals surface area contributed by atoms with Crippen molar-refractivity contribution in [2.45, 2.75) is 65.7 Å². The smallest absolute Gasteiger partial charge is 0.339 e. The fraction of sp³-hybridized carbons (Fsp3) is 0.389. The Balaban J connectivity index is 1.55. The average molecular weight is 674 g/mol. The number of carbonyl (C=O) groups excluding carboxylic acids is 2. The van der Waals surface area contributed by atoms with E-state index in [-0.39, 0.29) is 18.2 Å². The highest BCUT2D eigenvalue weighted by Gasteiger charge is 2.43. The Labute approximate surface area is 284 Å². The molecule has 1 atom stereocenters. The Hall–Kier alpha value is -3.99. The summed E-state index contributed by atoms with van der Waals surface area (Å²) in [5, 5.41) is 7.07. The molecule has 0 bridgehead atoms. The van der Waals surface area contributed by atoms with Gasteiger partial charge in [-0.3, -0.25) is 9.58 Å². The SMILES string of the molecule is CCOC(=O)[C@@H](OC(C)(C)C)c1c(C)cc2nc(-c3ccc4c(c3)c(N3CC(C)(C)N(C)C3=O)nn4C)sc2c1-c1ccc(Cl)cc1. The number of halogens is 1. The highest BCUT2D eigenvalue weighted by atomic mass is 35.5. The lowest BCUT2D eigenvalue weighted by Crippen LogP contribution is -2.38. The van der Waals surface area contributed by atoms with Crippen molar-refractivity contribution in [3.63, 3.8) is 0 Å². The lowest BCUT2D eigenvalue weighted by atomic mass is 9.91. The highest BCUT2D eigenvalue weighted by molar-refractivity contribution is 7.22. The Morgan fingerprint density at radius 2 is 1.77 bits per heavy atom. The van der Waals surface area contributed by atoms with Gasteiger partial charge in [-0.1, -0.05) is 23.7 Å². The first-order valence-electron chi connectivity index (χ1n) is 15.7. The number of hydrogen-bond acceptors (Lipinski definition) is 7. The van der Waals surface area contributed by atoms with Crippen molar-refractivity contribution in [3.8, 4) is 21.7 Å². The normalized spacial score (nSPS) is 15.7. The Morgan fingerprint density at radius 1 is 1.09 bits per heavy atom. The molecule has 0 unspecified atom stereocenters. The van der Waals surface area contributed by atoms with Crippen LogP contribution in [-0.2, 0) is 21.3 Å². The summed E-state index contributed by atoms with van der Waals surface area (Å²) in [7, 11) is 3.72. The molecule has 1 fully saturated rings. The molecule has 47 heavy (non-hydrogen) atoms. The van der Waals surface area contributed by atoms with E-state index in [1.54, 1.807) is 28.1 Å². The summed E-state index contributed by atoms with van der Waals surface area (Å²) in [5.41, 5.74) is 5.05. The molecule has 9 nitrogen and oxygen atoms in total. The van der Waals surface area contributed by atoms with E-state index in [2.05, 4.69) is 19.9 Å². The summed E-state index contributed by atoms with van der Waals surface area (Å²) in [6.07, 6.45) is -0.953. The topological polar surface area (TPSA) is 89.8 Å². The van der Waals surface area contributed by atoms with Gasteiger partial charge in [-0.05, 0) is 96.0 Å². The van der Waals surface area contributed by atoms with Crippen LogP contribution in [0, 0.1) is 6.92 Å². The molecule has 1 aliphatic rings. The van der Waals surface area contributed by atoms with Gasteiger partial charge in [-0.25, -0.2) is 14.6 Å². The van der Waals surface area contributed by atoms with Crippen LogP contribution in [0.5, 0.6) is 0 Å². The number of amides is 2. The van der Waals surface area contributed by atoms with Gasteiger partial charge in [0.25, 0.3) is 0 Å². The number of aromatic nitrogens is 3. The number of hydrogen-bond donors (Lipinski definition) is 0. The summed E-state index contributed by atoms with van der Waals surface area (Å²) in [5.74, 6) is 0.189. The van der Waals surface area contributed by atoms with Gasteiger partial charge in [-0.15, -0.1) is 11.3 Å². The zero-order chi connectivity index (χ0) is 34.0. The minimum Gasteiger partial charge on any atom is -0.464 e. The van der Waals surface area contributed by atoms with E-state index in [0.717, 1.165) is 53.9 Å². The Morgan fingerprint density at radius 3 is 2.38 bits per heavy atom. The van der Waals surface area contributed by atoms with Crippen molar-refractivity contribution in [2.75, 3.05) is 25.1 Å². The van der Waals surface area contributed by atoms with Gasteiger partial charge in [0, 0.05) is 41.2 Å². The van der Waals surface area contributed by atoms with Crippen LogP contribution in [0.3, 0.4) is 0 Å². The van der Waals surface area contributed by atoms with Crippen LogP contribution in [0.4, 0.5) is 10.6 Å². The maximum absolute atomic E-state index is 13.5. The molecule has 246 valence electrons. The van der Waals surface area contributed by atoms with Crippen molar-refractivity contribution in [2.24, 2.45) is 7.05 Å². The first-order valence-corrected chi connectivity index (χ1v) is 16.9. The van der Waals surface area contributed by atoms with Gasteiger partial charge in [0.05, 0.1) is 40.0 Å². The number of thiazole rings is 1. The molecule has 2 aromatic heterocycles. The fourth-order valence-electron chi connectivity index (χ4n) is 6.12. The molecular weight excluding hydrogens is 634 g/mol. The summed E-state index contributed by atoms with van der Waals surface area (Å²) < 4.78 is 14.7. The lowest BCUT2D eigenvalue weighted by molar-refractivity contribution is -0.166. The van der Waals surface area contributed by atoms with Crippen LogP contribution >= 0.6 is 22.9 Å². The van der Waals surface area contributed by atoms with Crippen LogP contribution in [0.1, 0.15) is 58.8 Å². The van der Waals surface area contributed by atoms with E-state index in [1.807, 2.05) is 88.9 Å². The zero-order valence-electron chi connectivity index (χ0n) is 28.3. The molecule has 3 aromatic carbocycles. The van der Waals surface area contributed by atoms with E-state index in [1.165, 1.54) is 0 Å². The molecule has 1 aliphatic heterocycles. The molecule has 0 saturated carbocycles. The van der Waals surface area contributed by atoms with Crippen LogP contribution < -0.4 is 4.90 Å². The molecule has 0 radical (unpaired) electrons. The monoisotopic (exact) mass is 673 g/mol. The molecule has 0 spiro atoms. The quantitative estimate of drug-likeness (QED) is 0.161. The second kappa shape index (κ2) is 11.9. The average Bonchev–Trinajstić information content (AvgIpc) is 3.63. The van der Waals surface area contributed by atoms with E-state index >= 15 is 0 Å². The number of anilines is 1. The van der Waals surface area contributed by atoms with Crippen molar-refractivity contribution >= 4 is 61.9 Å². The minimum absolute atomic E-state index is 0.0790. The van der Waals surface area contributed by atoms with E-state index < -0.39 is 17.7 Å². The number of benzene rings is 3. The molecule has 11 heteroatoms. The number of carbonyl (C=O) groups is 2. The third-order valence-electron chi connectivity index (χ3n) is 8.60. The zero-order valence-corrected chi connectivity index (χ0v) is 29.8. The third kappa shape index (κ3) is 5.98. The fourth-order valence-corrected chi connectivity index (χ4v) is 7.36. The third-order valence-corrected chi connectivity index (χ3v) is 9.99. The van der Waals surface area contributed by atoms with Crippen molar-refractivity contribution in [3.05, 3.63) is 64.7 Å². The predicted molar refractivity (Wildman–Crippen MR) is 189 cm³/mol. The molecular formula is C36H40ClN5O4S. The highest BCUT2D eigenvalue weighted by Crippen LogP contribution is 2.45. The van der Waals surface area contributed by atoms with Gasteiger partial charge < -0.3 is 14.4 Å². The second-order valence-electron chi connectivity index (χ2n) is 13.6. The summed E-state index contributed by atoms with van der Waals surface area (Å²) in [6, 6.07) is 15.7. The number of aryl methyl sites for hydroxylation is 2. The number of nitrogens with zero attached hydrogens (tertiary/aromatic N) is 5. The second-order valence-corrected chi connectivity index (χ2v) is 15.1. The van der Waals surface area contributed by atoms with E-state index in [9.17, 15) is 9.59 Å². The standard InChI is InChI=1S/C36H40ClN5O4S/c1-10-45-33(43)29(46-35(3,4)5)27-20(2)17-25-30(28(27)21-11-14-23(37)15-12-21)47-32(38-25)22-13-16-26-24(18-22)31(39-41(26)9)42-19-36(6,7)40(8)34(42)44/h11-18,29H,10,19H2,1-9H3/t29-/m0/s1. The molecule has 6 rings (SSSR count). The van der Waals surface area contributed by atoms with Crippen molar-refractivity contribution < 1.29 is 19.1 Å². The molecule has 5 aromatic rings. The largest absolute Gasteiger partial charge is 0.464 e. The number of esters is 1. The van der Waals surface area contributed by atoms with Crippen LogP contribution in [0.15, 0.2) is 48.5 Å². The molecule has 0 aliphatic carbocycles. The van der Waals surface area contributed by atoms with Crippen LogP contribution in [0.2, 0.25) is 5.02 Å². The van der Waals surface area contributed by atoms with Gasteiger partial charge in [0.1, 0.15) is 5.01 Å². The van der Waals surface area contributed by atoms with Gasteiger partial charge in [0.2, 0.25) is 0 Å². The number of rotatable bonds is 7. The molecule has 0 N–H and O–H groups in total. The van der Waals surface area contributed by atoms with Crippen LogP contribution in [0.25, 0.3) is 42.8 Å². The first-order chi connectivity index (χ1) is 22.1. The Bertz CT molecular complexity index is 2030. The molecule has 1 saturated heterocycles. The summed E-state index contributed by atoms with van der Waals surface area (Å²) in [4.78, 5) is 35.4. The minimum atomic E-state index is -0.953.